The van der Waals surface area contributed by atoms with Crippen molar-refractivity contribution in [3.63, 3.8) is 0 Å². The largest absolute Gasteiger partial charge is 0.497 e. The summed E-state index contributed by atoms with van der Waals surface area (Å²) < 4.78 is 23.7. The predicted molar refractivity (Wildman–Crippen MR) is 71.4 cm³/mol. The number of anilines is 3. The molecule has 19 heavy (non-hydrogen) atoms. The van der Waals surface area contributed by atoms with Crippen LogP contribution in [0.1, 0.15) is 0 Å². The summed E-state index contributed by atoms with van der Waals surface area (Å²) in [6.07, 6.45) is 0. The van der Waals surface area contributed by atoms with Gasteiger partial charge in [-0.2, -0.15) is 4.98 Å². The summed E-state index contributed by atoms with van der Waals surface area (Å²) in [5.41, 5.74) is 6.40. The molecule has 1 aromatic carbocycles. The summed E-state index contributed by atoms with van der Waals surface area (Å²) in [7, 11) is 3.00. The number of nitrogen functional groups attached to an aromatic ring is 1. The van der Waals surface area contributed by atoms with Gasteiger partial charge < -0.3 is 20.5 Å². The average molecular weight is 263 g/mol. The zero-order chi connectivity index (χ0) is 13.8. The minimum atomic E-state index is -0.426. The lowest BCUT2D eigenvalue weighted by atomic mass is 10.2. The molecule has 0 aliphatic carbocycles. The molecule has 0 unspecified atom stereocenters. The number of nitrogens with two attached hydrogens (primary N) is 1. The van der Waals surface area contributed by atoms with Gasteiger partial charge in [-0.25, -0.2) is 4.39 Å². The summed E-state index contributed by atoms with van der Waals surface area (Å²) >= 11 is 0. The minimum Gasteiger partial charge on any atom is -0.497 e. The fourth-order valence-corrected chi connectivity index (χ4v) is 1.52. The molecule has 1 heterocycles. The van der Waals surface area contributed by atoms with Crippen molar-refractivity contribution in [1.29, 1.82) is 0 Å². The molecule has 0 aliphatic rings. The van der Waals surface area contributed by atoms with Gasteiger partial charge in [0.15, 0.2) is 5.82 Å². The third-order valence-corrected chi connectivity index (χ3v) is 2.54. The fraction of sp³-hybridized carbons (Fsp3) is 0.154. The molecule has 0 aliphatic heterocycles. The molecule has 3 N–H and O–H groups in total. The number of hydrogen-bond donors (Lipinski definition) is 2. The van der Waals surface area contributed by atoms with E-state index in [-0.39, 0.29) is 5.69 Å². The van der Waals surface area contributed by atoms with Gasteiger partial charge in [-0.15, -0.1) is 0 Å². The molecule has 100 valence electrons. The number of pyridine rings is 1. The van der Waals surface area contributed by atoms with Crippen molar-refractivity contribution in [2.45, 2.75) is 0 Å². The Morgan fingerprint density at radius 1 is 1.16 bits per heavy atom. The van der Waals surface area contributed by atoms with E-state index in [1.54, 1.807) is 12.1 Å². The molecular weight excluding hydrogens is 249 g/mol. The Balaban J connectivity index is 2.35. The third kappa shape index (κ3) is 2.85. The molecule has 0 atom stereocenters. The molecular formula is C13H14FN3O2. The molecule has 0 bridgehead atoms. The lowest BCUT2D eigenvalue weighted by Gasteiger charge is -2.11. The molecule has 0 saturated heterocycles. The zero-order valence-electron chi connectivity index (χ0n) is 10.6. The molecule has 2 rings (SSSR count). The van der Waals surface area contributed by atoms with E-state index in [9.17, 15) is 4.39 Å². The van der Waals surface area contributed by atoms with Crippen molar-refractivity contribution < 1.29 is 13.9 Å². The highest BCUT2D eigenvalue weighted by Gasteiger charge is 2.08. The van der Waals surface area contributed by atoms with Gasteiger partial charge in [-0.1, -0.05) is 0 Å². The van der Waals surface area contributed by atoms with Crippen LogP contribution in [0.15, 0.2) is 30.3 Å². The van der Waals surface area contributed by atoms with Crippen LogP contribution in [-0.4, -0.2) is 19.2 Å². The van der Waals surface area contributed by atoms with E-state index in [1.807, 2.05) is 0 Å². The maximum absolute atomic E-state index is 13.7. The second-order valence-electron chi connectivity index (χ2n) is 3.76. The van der Waals surface area contributed by atoms with Crippen LogP contribution < -0.4 is 20.5 Å². The van der Waals surface area contributed by atoms with Gasteiger partial charge in [0.1, 0.15) is 11.6 Å². The lowest BCUT2D eigenvalue weighted by molar-refractivity contribution is 0.398. The van der Waals surface area contributed by atoms with Crippen molar-refractivity contribution >= 4 is 17.2 Å². The van der Waals surface area contributed by atoms with Crippen LogP contribution in [0, 0.1) is 5.82 Å². The first-order valence-electron chi connectivity index (χ1n) is 5.55. The van der Waals surface area contributed by atoms with Crippen LogP contribution >= 0.6 is 0 Å². The number of ether oxygens (including phenoxy) is 2. The van der Waals surface area contributed by atoms with Gasteiger partial charge in [0.25, 0.3) is 0 Å². The monoisotopic (exact) mass is 263 g/mol. The number of benzene rings is 1. The molecule has 6 heteroatoms. The number of hydrogen-bond acceptors (Lipinski definition) is 5. The van der Waals surface area contributed by atoms with Crippen LogP contribution in [0.2, 0.25) is 0 Å². The van der Waals surface area contributed by atoms with Crippen molar-refractivity contribution in [2.24, 2.45) is 0 Å². The van der Waals surface area contributed by atoms with Gasteiger partial charge in [0.05, 0.1) is 25.6 Å². The van der Waals surface area contributed by atoms with Crippen LogP contribution in [0.25, 0.3) is 0 Å². The van der Waals surface area contributed by atoms with Crippen LogP contribution in [0.4, 0.5) is 21.6 Å². The van der Waals surface area contributed by atoms with Gasteiger partial charge >= 0.3 is 0 Å². The van der Waals surface area contributed by atoms with E-state index in [2.05, 4.69) is 10.3 Å². The highest BCUT2D eigenvalue weighted by atomic mass is 19.1. The molecule has 0 spiro atoms. The maximum Gasteiger partial charge on any atom is 0.215 e. The number of rotatable bonds is 4. The second-order valence-corrected chi connectivity index (χ2v) is 3.76. The average Bonchev–Trinajstić information content (AvgIpc) is 2.43. The minimum absolute atomic E-state index is 0.229. The zero-order valence-corrected chi connectivity index (χ0v) is 10.6. The Bertz CT molecular complexity index is 539. The van der Waals surface area contributed by atoms with E-state index in [1.165, 1.54) is 32.4 Å². The number of aromatic nitrogens is 1. The Morgan fingerprint density at radius 3 is 2.63 bits per heavy atom. The van der Waals surface area contributed by atoms with Crippen molar-refractivity contribution in [2.75, 3.05) is 25.3 Å². The van der Waals surface area contributed by atoms with Gasteiger partial charge in [-0.05, 0) is 18.2 Å². The second kappa shape index (κ2) is 5.43. The maximum atomic E-state index is 13.7. The van der Waals surface area contributed by atoms with Crippen molar-refractivity contribution in [3.8, 4) is 11.6 Å². The SMILES string of the molecule is COc1ccc(F)c(Nc2nc(OC)ccc2N)c1. The Hall–Kier alpha value is -2.50. The smallest absolute Gasteiger partial charge is 0.215 e. The number of halogens is 1. The van der Waals surface area contributed by atoms with E-state index >= 15 is 0 Å². The number of nitrogens with one attached hydrogen (secondary N) is 1. The van der Waals surface area contributed by atoms with Gasteiger partial charge in [-0.3, -0.25) is 0 Å². The molecule has 0 radical (unpaired) electrons. The Morgan fingerprint density at radius 2 is 1.95 bits per heavy atom. The number of methoxy groups -OCH3 is 2. The van der Waals surface area contributed by atoms with E-state index < -0.39 is 5.82 Å². The highest BCUT2D eigenvalue weighted by Crippen LogP contribution is 2.27. The van der Waals surface area contributed by atoms with E-state index in [4.69, 9.17) is 15.2 Å². The van der Waals surface area contributed by atoms with Crippen LogP contribution in [0.3, 0.4) is 0 Å². The summed E-state index contributed by atoms with van der Waals surface area (Å²) in [6, 6.07) is 7.62. The van der Waals surface area contributed by atoms with Gasteiger partial charge in [0, 0.05) is 12.1 Å². The summed E-state index contributed by atoms with van der Waals surface area (Å²) in [6.45, 7) is 0. The Kier molecular flexibility index (Phi) is 3.70. The molecule has 0 amide bonds. The summed E-state index contributed by atoms with van der Waals surface area (Å²) in [4.78, 5) is 4.12. The van der Waals surface area contributed by atoms with E-state index in [0.717, 1.165) is 0 Å². The number of nitrogens with zero attached hydrogens (tertiary/aromatic N) is 1. The highest BCUT2D eigenvalue weighted by molar-refractivity contribution is 5.70. The first-order valence-corrected chi connectivity index (χ1v) is 5.55. The van der Waals surface area contributed by atoms with E-state index in [0.29, 0.717) is 23.1 Å². The first-order chi connectivity index (χ1) is 9.13. The summed E-state index contributed by atoms with van der Waals surface area (Å²) in [5, 5.41) is 2.82. The Labute approximate surface area is 110 Å². The molecule has 1 aromatic heterocycles. The van der Waals surface area contributed by atoms with Crippen LogP contribution in [0.5, 0.6) is 11.6 Å². The summed E-state index contributed by atoms with van der Waals surface area (Å²) in [5.74, 6) is 0.821. The predicted octanol–water partition coefficient (Wildman–Crippen LogP) is 2.56. The quantitative estimate of drug-likeness (QED) is 0.887. The first kappa shape index (κ1) is 12.9. The topological polar surface area (TPSA) is 69.4 Å². The molecule has 5 nitrogen and oxygen atoms in total. The fourth-order valence-electron chi connectivity index (χ4n) is 1.52. The standard InChI is InChI=1S/C13H14FN3O2/c1-18-8-3-4-9(14)11(7-8)16-13-10(15)5-6-12(17-13)19-2/h3-7H,15H2,1-2H3,(H,16,17). The van der Waals surface area contributed by atoms with Crippen molar-refractivity contribution in [1.82, 2.24) is 4.98 Å². The molecule has 0 saturated carbocycles. The van der Waals surface area contributed by atoms with Crippen molar-refractivity contribution in [3.05, 3.63) is 36.1 Å². The third-order valence-electron chi connectivity index (χ3n) is 2.54. The molecule has 2 aromatic rings. The normalized spacial score (nSPS) is 10.1. The van der Waals surface area contributed by atoms with Crippen LogP contribution in [-0.2, 0) is 0 Å². The van der Waals surface area contributed by atoms with Gasteiger partial charge in [0.2, 0.25) is 5.88 Å². The lowest BCUT2D eigenvalue weighted by Crippen LogP contribution is -2.02. The molecule has 0 fully saturated rings.